The number of ether oxygens (including phenoxy) is 1. The van der Waals surface area contributed by atoms with E-state index in [2.05, 4.69) is 84.0 Å². The Bertz CT molecular complexity index is 1010. The third-order valence-electron chi connectivity index (χ3n) is 5.64. The Morgan fingerprint density at radius 1 is 1.00 bits per heavy atom. The second-order valence-corrected chi connectivity index (χ2v) is 7.20. The van der Waals surface area contributed by atoms with E-state index >= 15 is 0 Å². The largest absolute Gasteiger partial charge is 0.481 e. The van der Waals surface area contributed by atoms with Gasteiger partial charge in [-0.05, 0) is 35.4 Å². The number of anilines is 2. The molecule has 0 aromatic heterocycles. The zero-order valence-electron chi connectivity index (χ0n) is 15.6. The van der Waals surface area contributed by atoms with E-state index in [1.54, 1.807) is 0 Å². The molecule has 4 nitrogen and oxygen atoms in total. The Morgan fingerprint density at radius 3 is 2.44 bits per heavy atom. The summed E-state index contributed by atoms with van der Waals surface area (Å²) in [6, 6.07) is 23.7. The first kappa shape index (κ1) is 16.2. The average Bonchev–Trinajstić information content (AvgIpc) is 3.06. The van der Waals surface area contributed by atoms with E-state index in [-0.39, 0.29) is 18.1 Å². The van der Waals surface area contributed by atoms with Gasteiger partial charge in [-0.25, -0.2) is 4.99 Å². The molecule has 0 bridgehead atoms. The fraction of sp³-hybridized carbons (Fsp3) is 0.261. The molecule has 3 aromatic carbocycles. The lowest BCUT2D eigenvalue weighted by atomic mass is 9.89. The first-order valence-electron chi connectivity index (χ1n) is 9.54. The number of nitrogens with one attached hydrogen (secondary N) is 1. The van der Waals surface area contributed by atoms with Crippen LogP contribution in [0.15, 0.2) is 71.7 Å². The van der Waals surface area contributed by atoms with E-state index in [1.165, 1.54) is 22.0 Å². The van der Waals surface area contributed by atoms with Gasteiger partial charge in [0.15, 0.2) is 5.90 Å². The van der Waals surface area contributed by atoms with Crippen LogP contribution in [0.2, 0.25) is 0 Å². The predicted octanol–water partition coefficient (Wildman–Crippen LogP) is 4.63. The summed E-state index contributed by atoms with van der Waals surface area (Å²) in [5.41, 5.74) is 3.59. The molecule has 136 valence electrons. The van der Waals surface area contributed by atoms with Crippen LogP contribution < -0.4 is 10.2 Å². The smallest absolute Gasteiger partial charge is 0.195 e. The van der Waals surface area contributed by atoms with Crippen molar-refractivity contribution in [1.29, 1.82) is 0 Å². The molecular weight excluding hydrogens is 334 g/mol. The molecule has 0 saturated carbocycles. The maximum Gasteiger partial charge on any atom is 0.195 e. The molecule has 0 radical (unpaired) electrons. The van der Waals surface area contributed by atoms with Gasteiger partial charge in [-0.15, -0.1) is 0 Å². The van der Waals surface area contributed by atoms with E-state index < -0.39 is 0 Å². The Balaban J connectivity index is 1.61. The van der Waals surface area contributed by atoms with Gasteiger partial charge in [0.25, 0.3) is 0 Å². The number of hydrogen-bond donors (Lipinski definition) is 1. The van der Waals surface area contributed by atoms with Crippen LogP contribution in [-0.4, -0.2) is 31.8 Å². The van der Waals surface area contributed by atoms with Crippen molar-refractivity contribution in [3.63, 3.8) is 0 Å². The van der Waals surface area contributed by atoms with E-state index in [0.717, 1.165) is 11.6 Å². The van der Waals surface area contributed by atoms with Crippen molar-refractivity contribution in [2.24, 2.45) is 4.99 Å². The van der Waals surface area contributed by atoms with E-state index in [1.807, 2.05) is 6.92 Å². The van der Waals surface area contributed by atoms with Crippen LogP contribution >= 0.6 is 0 Å². The highest BCUT2D eigenvalue weighted by Crippen LogP contribution is 2.44. The summed E-state index contributed by atoms with van der Waals surface area (Å²) in [6.07, 6.45) is -0.0181. The number of rotatable bonds is 2. The standard InChI is InChI=1S/C23H23N3O/c1-3-27-23-20(15-9-5-4-6-10-15)21-22(25-23)24-18-13-16-11-7-8-12-17(16)14-19(18)26(21)2/h4-14,20-22,24H,3H2,1-2H3/t20-,21+,22+/m1/s1. The number of likely N-dealkylation sites (N-methyl/N-ethyl adjacent to an activating group) is 1. The van der Waals surface area contributed by atoms with Crippen LogP contribution in [0.1, 0.15) is 18.4 Å². The van der Waals surface area contributed by atoms with Crippen molar-refractivity contribution >= 4 is 28.0 Å². The van der Waals surface area contributed by atoms with Gasteiger partial charge < -0.3 is 15.0 Å². The highest BCUT2D eigenvalue weighted by molar-refractivity contribution is 5.95. The number of fused-ring (bicyclic) bond motifs is 3. The van der Waals surface area contributed by atoms with Crippen LogP contribution in [0.4, 0.5) is 11.4 Å². The summed E-state index contributed by atoms with van der Waals surface area (Å²) in [7, 11) is 2.17. The zero-order valence-corrected chi connectivity index (χ0v) is 15.6. The minimum Gasteiger partial charge on any atom is -0.481 e. The molecule has 5 rings (SSSR count). The SMILES string of the molecule is CCOC1=N[C@@H]2Nc3cc4ccccc4cc3N(C)[C@H]2[C@H]1c1ccccc1. The van der Waals surface area contributed by atoms with Gasteiger partial charge in [0.1, 0.15) is 6.17 Å². The first-order chi connectivity index (χ1) is 13.3. The summed E-state index contributed by atoms with van der Waals surface area (Å²) in [5, 5.41) is 6.15. The molecule has 2 heterocycles. The fourth-order valence-electron chi connectivity index (χ4n) is 4.41. The highest BCUT2D eigenvalue weighted by atomic mass is 16.5. The van der Waals surface area contributed by atoms with Crippen LogP contribution in [-0.2, 0) is 4.74 Å². The summed E-state index contributed by atoms with van der Waals surface area (Å²) in [6.45, 7) is 2.65. The topological polar surface area (TPSA) is 36.9 Å². The third-order valence-corrected chi connectivity index (χ3v) is 5.64. The van der Waals surface area contributed by atoms with Crippen molar-refractivity contribution in [3.8, 4) is 0 Å². The lowest BCUT2D eigenvalue weighted by molar-refractivity contribution is 0.313. The van der Waals surface area contributed by atoms with Crippen LogP contribution in [0.25, 0.3) is 10.8 Å². The third kappa shape index (κ3) is 2.55. The van der Waals surface area contributed by atoms with Gasteiger partial charge in [0, 0.05) is 7.05 Å². The normalized spacial score (nSPS) is 23.4. The van der Waals surface area contributed by atoms with E-state index in [4.69, 9.17) is 9.73 Å². The van der Waals surface area contributed by atoms with Gasteiger partial charge in [-0.1, -0.05) is 54.6 Å². The van der Waals surface area contributed by atoms with Crippen LogP contribution in [0.5, 0.6) is 0 Å². The number of nitrogens with zero attached hydrogens (tertiary/aromatic N) is 2. The number of benzene rings is 3. The monoisotopic (exact) mass is 357 g/mol. The summed E-state index contributed by atoms with van der Waals surface area (Å²) in [5.74, 6) is 0.948. The quantitative estimate of drug-likeness (QED) is 0.727. The van der Waals surface area contributed by atoms with Crippen molar-refractivity contribution in [3.05, 3.63) is 72.3 Å². The molecule has 0 saturated heterocycles. The first-order valence-corrected chi connectivity index (χ1v) is 9.54. The predicted molar refractivity (Wildman–Crippen MR) is 112 cm³/mol. The minimum absolute atomic E-state index is 0.0181. The lowest BCUT2D eigenvalue weighted by Crippen LogP contribution is -2.49. The molecule has 0 aliphatic carbocycles. The summed E-state index contributed by atoms with van der Waals surface area (Å²) >= 11 is 0. The number of hydrogen-bond acceptors (Lipinski definition) is 4. The Morgan fingerprint density at radius 2 is 1.70 bits per heavy atom. The van der Waals surface area contributed by atoms with Crippen molar-refractivity contribution in [2.45, 2.75) is 25.0 Å². The van der Waals surface area contributed by atoms with Gasteiger partial charge >= 0.3 is 0 Å². The molecular formula is C23H23N3O. The molecule has 27 heavy (non-hydrogen) atoms. The van der Waals surface area contributed by atoms with Crippen molar-refractivity contribution < 1.29 is 4.74 Å². The van der Waals surface area contributed by atoms with Crippen LogP contribution in [0, 0.1) is 0 Å². The zero-order chi connectivity index (χ0) is 18.4. The van der Waals surface area contributed by atoms with Crippen molar-refractivity contribution in [2.75, 3.05) is 23.9 Å². The molecule has 0 unspecified atom stereocenters. The van der Waals surface area contributed by atoms with Gasteiger partial charge in [-0.2, -0.15) is 0 Å². The molecule has 4 heteroatoms. The maximum absolute atomic E-state index is 5.97. The van der Waals surface area contributed by atoms with Gasteiger partial charge in [-0.3, -0.25) is 0 Å². The minimum atomic E-state index is -0.0181. The summed E-state index contributed by atoms with van der Waals surface area (Å²) < 4.78 is 5.97. The average molecular weight is 357 g/mol. The van der Waals surface area contributed by atoms with Gasteiger partial charge in [0.2, 0.25) is 0 Å². The molecule has 0 spiro atoms. The van der Waals surface area contributed by atoms with Crippen molar-refractivity contribution in [1.82, 2.24) is 0 Å². The molecule has 0 amide bonds. The van der Waals surface area contributed by atoms with E-state index in [0.29, 0.717) is 6.61 Å². The second-order valence-electron chi connectivity index (χ2n) is 7.20. The molecule has 3 aromatic rings. The Kier molecular flexibility index (Phi) is 3.78. The molecule has 3 atom stereocenters. The molecule has 1 N–H and O–H groups in total. The highest BCUT2D eigenvalue weighted by Gasteiger charge is 2.46. The molecule has 2 aliphatic rings. The van der Waals surface area contributed by atoms with Crippen LogP contribution in [0.3, 0.4) is 0 Å². The second kappa shape index (κ2) is 6.31. The summed E-state index contributed by atoms with van der Waals surface area (Å²) in [4.78, 5) is 7.30. The fourth-order valence-corrected chi connectivity index (χ4v) is 4.41. The Hall–Kier alpha value is -3.01. The maximum atomic E-state index is 5.97. The number of aliphatic imine (C=N–C) groups is 1. The van der Waals surface area contributed by atoms with Gasteiger partial charge in [0.05, 0.1) is 29.9 Å². The lowest BCUT2D eigenvalue weighted by Gasteiger charge is -2.40. The molecule has 2 aliphatic heterocycles. The Labute approximate surface area is 159 Å². The molecule has 0 fully saturated rings. The van der Waals surface area contributed by atoms with E-state index in [9.17, 15) is 0 Å².